The predicted octanol–water partition coefficient (Wildman–Crippen LogP) is 4.00. The summed E-state index contributed by atoms with van der Waals surface area (Å²) in [5, 5.41) is 10.8. The minimum absolute atomic E-state index is 0.139. The SMILES string of the molecule is Cc1ccc([C@H](NS(=O)(=O)c2ccc(C#N)cc2)c2cccs2)cc1. The van der Waals surface area contributed by atoms with E-state index >= 15 is 0 Å². The molecule has 3 rings (SSSR count). The Bertz CT molecular complexity index is 985. The predicted molar refractivity (Wildman–Crippen MR) is 98.8 cm³/mol. The van der Waals surface area contributed by atoms with Gasteiger partial charge in [0.15, 0.2) is 0 Å². The first-order valence-electron chi connectivity index (χ1n) is 7.62. The number of rotatable bonds is 5. The highest BCUT2D eigenvalue weighted by Gasteiger charge is 2.23. The Balaban J connectivity index is 1.97. The molecule has 0 spiro atoms. The minimum Gasteiger partial charge on any atom is -0.207 e. The zero-order valence-corrected chi connectivity index (χ0v) is 15.1. The summed E-state index contributed by atoms with van der Waals surface area (Å²) in [5.41, 5.74) is 2.42. The van der Waals surface area contributed by atoms with Crippen LogP contribution in [0.5, 0.6) is 0 Å². The molecule has 0 aliphatic carbocycles. The Morgan fingerprint density at radius 3 is 2.28 bits per heavy atom. The van der Waals surface area contributed by atoms with E-state index in [0.717, 1.165) is 16.0 Å². The van der Waals surface area contributed by atoms with E-state index in [0.29, 0.717) is 5.56 Å². The highest BCUT2D eigenvalue weighted by atomic mass is 32.2. The third-order valence-corrected chi connectivity index (χ3v) is 6.18. The highest BCUT2D eigenvalue weighted by molar-refractivity contribution is 7.89. The summed E-state index contributed by atoms with van der Waals surface area (Å²) < 4.78 is 28.4. The van der Waals surface area contributed by atoms with Gasteiger partial charge in [-0.3, -0.25) is 0 Å². The maximum Gasteiger partial charge on any atom is 0.241 e. The molecular formula is C19H16N2O2S2. The molecule has 2 aromatic carbocycles. The van der Waals surface area contributed by atoms with Crippen molar-refractivity contribution in [2.75, 3.05) is 0 Å². The van der Waals surface area contributed by atoms with Crippen LogP contribution in [0.3, 0.4) is 0 Å². The number of sulfonamides is 1. The van der Waals surface area contributed by atoms with Crippen molar-refractivity contribution >= 4 is 21.4 Å². The molecule has 126 valence electrons. The first-order chi connectivity index (χ1) is 12.0. The maximum absolute atomic E-state index is 12.8. The molecule has 0 amide bonds. The van der Waals surface area contributed by atoms with Gasteiger partial charge >= 0.3 is 0 Å². The molecule has 1 atom stereocenters. The van der Waals surface area contributed by atoms with Crippen molar-refractivity contribution in [3.63, 3.8) is 0 Å². The van der Waals surface area contributed by atoms with Crippen LogP contribution in [0.2, 0.25) is 0 Å². The minimum atomic E-state index is -3.72. The summed E-state index contributed by atoms with van der Waals surface area (Å²) in [6.07, 6.45) is 0. The Labute approximate surface area is 151 Å². The fourth-order valence-electron chi connectivity index (χ4n) is 2.44. The van der Waals surface area contributed by atoms with Crippen molar-refractivity contribution in [1.29, 1.82) is 5.26 Å². The van der Waals surface area contributed by atoms with E-state index in [1.165, 1.54) is 35.6 Å². The van der Waals surface area contributed by atoms with Gasteiger partial charge in [-0.1, -0.05) is 35.9 Å². The molecule has 3 aromatic rings. The molecule has 1 N–H and O–H groups in total. The van der Waals surface area contributed by atoms with E-state index in [2.05, 4.69) is 4.72 Å². The number of benzene rings is 2. The monoisotopic (exact) mass is 368 g/mol. The second-order valence-corrected chi connectivity index (χ2v) is 8.31. The number of nitriles is 1. The van der Waals surface area contributed by atoms with Gasteiger partial charge in [-0.15, -0.1) is 11.3 Å². The largest absolute Gasteiger partial charge is 0.241 e. The van der Waals surface area contributed by atoms with Gasteiger partial charge in [0, 0.05) is 4.88 Å². The van der Waals surface area contributed by atoms with Gasteiger partial charge in [-0.25, -0.2) is 8.42 Å². The van der Waals surface area contributed by atoms with Gasteiger partial charge in [0.25, 0.3) is 0 Å². The summed E-state index contributed by atoms with van der Waals surface area (Å²) >= 11 is 1.50. The summed E-state index contributed by atoms with van der Waals surface area (Å²) in [5.74, 6) is 0. The smallest absolute Gasteiger partial charge is 0.207 e. The van der Waals surface area contributed by atoms with Crippen LogP contribution >= 0.6 is 11.3 Å². The lowest BCUT2D eigenvalue weighted by Crippen LogP contribution is -2.29. The normalized spacial score (nSPS) is 12.5. The molecule has 0 fully saturated rings. The van der Waals surface area contributed by atoms with E-state index in [1.54, 1.807) is 0 Å². The Hall–Kier alpha value is -2.46. The number of nitrogens with one attached hydrogen (secondary N) is 1. The van der Waals surface area contributed by atoms with Gasteiger partial charge in [-0.05, 0) is 48.2 Å². The van der Waals surface area contributed by atoms with Gasteiger partial charge in [0.2, 0.25) is 10.0 Å². The van der Waals surface area contributed by atoms with Crippen molar-refractivity contribution in [1.82, 2.24) is 4.72 Å². The molecule has 1 heterocycles. The van der Waals surface area contributed by atoms with Gasteiger partial charge in [-0.2, -0.15) is 9.98 Å². The lowest BCUT2D eigenvalue weighted by atomic mass is 10.0. The van der Waals surface area contributed by atoms with Crippen molar-refractivity contribution in [3.05, 3.63) is 87.6 Å². The molecule has 0 saturated carbocycles. The maximum atomic E-state index is 12.8. The lowest BCUT2D eigenvalue weighted by Gasteiger charge is -2.18. The number of nitrogens with zero attached hydrogens (tertiary/aromatic N) is 1. The Kier molecular flexibility index (Phi) is 5.00. The van der Waals surface area contributed by atoms with E-state index in [1.807, 2.05) is 54.8 Å². The molecule has 6 heteroatoms. The van der Waals surface area contributed by atoms with Crippen molar-refractivity contribution in [3.8, 4) is 6.07 Å². The van der Waals surface area contributed by atoms with E-state index in [9.17, 15) is 8.42 Å². The first kappa shape index (κ1) is 17.4. The number of hydrogen-bond acceptors (Lipinski definition) is 4. The second-order valence-electron chi connectivity index (χ2n) is 5.62. The van der Waals surface area contributed by atoms with E-state index < -0.39 is 16.1 Å². The summed E-state index contributed by atoms with van der Waals surface area (Å²) in [6.45, 7) is 1.99. The molecule has 0 unspecified atom stereocenters. The number of hydrogen-bond donors (Lipinski definition) is 1. The zero-order valence-electron chi connectivity index (χ0n) is 13.5. The van der Waals surface area contributed by atoms with Crippen molar-refractivity contribution < 1.29 is 8.42 Å². The second kappa shape index (κ2) is 7.19. The molecule has 0 radical (unpaired) electrons. The Morgan fingerprint density at radius 1 is 1.04 bits per heavy atom. The molecule has 4 nitrogen and oxygen atoms in total. The molecule has 1 aromatic heterocycles. The highest BCUT2D eigenvalue weighted by Crippen LogP contribution is 2.28. The molecule has 0 saturated heterocycles. The van der Waals surface area contributed by atoms with E-state index in [-0.39, 0.29) is 4.90 Å². The van der Waals surface area contributed by atoms with Crippen molar-refractivity contribution in [2.24, 2.45) is 0 Å². The van der Waals surface area contributed by atoms with Gasteiger partial charge in [0.1, 0.15) is 0 Å². The van der Waals surface area contributed by atoms with Gasteiger partial charge < -0.3 is 0 Å². The number of thiophene rings is 1. The van der Waals surface area contributed by atoms with Crippen LogP contribution in [0.1, 0.15) is 27.6 Å². The lowest BCUT2D eigenvalue weighted by molar-refractivity contribution is 0.573. The zero-order chi connectivity index (χ0) is 17.9. The molecular weight excluding hydrogens is 352 g/mol. The van der Waals surface area contributed by atoms with Crippen LogP contribution in [-0.2, 0) is 10.0 Å². The van der Waals surface area contributed by atoms with Crippen LogP contribution < -0.4 is 4.72 Å². The fraction of sp³-hybridized carbons (Fsp3) is 0.105. The quantitative estimate of drug-likeness (QED) is 0.740. The van der Waals surface area contributed by atoms with Crippen LogP contribution in [0, 0.1) is 18.3 Å². The topological polar surface area (TPSA) is 70.0 Å². The molecule has 0 aliphatic heterocycles. The summed E-state index contributed by atoms with van der Waals surface area (Å²) in [6, 6.07) is 19.0. The fourth-order valence-corrected chi connectivity index (χ4v) is 4.52. The summed E-state index contributed by atoms with van der Waals surface area (Å²) in [4.78, 5) is 1.06. The van der Waals surface area contributed by atoms with Crippen LogP contribution in [0.4, 0.5) is 0 Å². The molecule has 0 aliphatic rings. The molecule has 25 heavy (non-hydrogen) atoms. The van der Waals surface area contributed by atoms with E-state index in [4.69, 9.17) is 5.26 Å². The number of aryl methyl sites for hydroxylation is 1. The Morgan fingerprint density at radius 2 is 1.72 bits per heavy atom. The summed E-state index contributed by atoms with van der Waals surface area (Å²) in [7, 11) is -3.72. The third-order valence-electron chi connectivity index (χ3n) is 3.81. The van der Waals surface area contributed by atoms with Crippen LogP contribution in [-0.4, -0.2) is 8.42 Å². The van der Waals surface area contributed by atoms with Gasteiger partial charge in [0.05, 0.1) is 22.6 Å². The molecule has 0 bridgehead atoms. The van der Waals surface area contributed by atoms with Crippen LogP contribution in [0.15, 0.2) is 70.9 Å². The standard InChI is InChI=1S/C19H16N2O2S2/c1-14-4-8-16(9-5-14)19(18-3-2-12-24-18)21-25(22,23)17-10-6-15(13-20)7-11-17/h2-12,19,21H,1H3/t19-/m0/s1. The van der Waals surface area contributed by atoms with Crippen LogP contribution in [0.25, 0.3) is 0 Å². The third kappa shape index (κ3) is 3.97. The van der Waals surface area contributed by atoms with Crippen molar-refractivity contribution in [2.45, 2.75) is 17.9 Å². The average Bonchev–Trinajstić information content (AvgIpc) is 3.15. The first-order valence-corrected chi connectivity index (χ1v) is 9.98. The average molecular weight is 368 g/mol.